The van der Waals surface area contributed by atoms with Gasteiger partial charge in [-0.05, 0) is 87.6 Å². The van der Waals surface area contributed by atoms with Crippen LogP contribution in [0.4, 0.5) is 0 Å². The standard InChI is InChI=1S/C59H38N4/c1-4-16-39(17-5-1)51-37-53(41-18-6-2-7-19-41)60-52-33-32-40-30-31-44(36-50(40)58(51)52)43-22-14-23-45(34-43)55-38-54(42-20-8-3-9-21-42)61-59(62-55)46-24-15-25-47(35-46)63-56-28-12-10-26-48(56)49-27-11-13-29-57(49)63/h1-38H. The smallest absolute Gasteiger partial charge is 0.160 e. The number of nitrogens with zero attached hydrogens (tertiary/aromatic N) is 4. The van der Waals surface area contributed by atoms with Crippen LogP contribution in [0.2, 0.25) is 0 Å². The van der Waals surface area contributed by atoms with Crippen LogP contribution in [0.25, 0.3) is 117 Å². The highest BCUT2D eigenvalue weighted by Crippen LogP contribution is 2.39. The zero-order valence-electron chi connectivity index (χ0n) is 34.2. The van der Waals surface area contributed by atoms with Gasteiger partial charge in [0.25, 0.3) is 0 Å². The topological polar surface area (TPSA) is 43.6 Å². The van der Waals surface area contributed by atoms with Gasteiger partial charge in [0.05, 0.1) is 33.6 Å². The fourth-order valence-corrected chi connectivity index (χ4v) is 9.16. The largest absolute Gasteiger partial charge is 0.309 e. The quantitative estimate of drug-likeness (QED) is 0.151. The molecule has 0 atom stereocenters. The van der Waals surface area contributed by atoms with Crippen LogP contribution in [0.1, 0.15) is 0 Å². The molecule has 0 radical (unpaired) electrons. The van der Waals surface area contributed by atoms with E-state index in [2.05, 4.69) is 223 Å². The highest BCUT2D eigenvalue weighted by Gasteiger charge is 2.17. The Morgan fingerprint density at radius 2 is 0.825 bits per heavy atom. The minimum Gasteiger partial charge on any atom is -0.309 e. The van der Waals surface area contributed by atoms with Crippen LogP contribution < -0.4 is 0 Å². The van der Waals surface area contributed by atoms with E-state index in [4.69, 9.17) is 15.0 Å². The summed E-state index contributed by atoms with van der Waals surface area (Å²) in [6.45, 7) is 0. The third kappa shape index (κ3) is 6.53. The predicted molar refractivity (Wildman–Crippen MR) is 262 cm³/mol. The van der Waals surface area contributed by atoms with Crippen molar-refractivity contribution in [1.29, 1.82) is 0 Å². The van der Waals surface area contributed by atoms with E-state index in [1.54, 1.807) is 0 Å². The lowest BCUT2D eigenvalue weighted by Crippen LogP contribution is -1.98. The average molecular weight is 803 g/mol. The SMILES string of the molecule is c1ccc(-c2cc(-c3cccc(-c4ccc5ccc6nc(-c7ccccc7)cc(-c7ccccc7)c6c5c4)c3)nc(-c3cccc(-n4c5ccccc5c5ccccc54)c3)n2)cc1. The van der Waals surface area contributed by atoms with Crippen LogP contribution in [0.3, 0.4) is 0 Å². The highest BCUT2D eigenvalue weighted by molar-refractivity contribution is 6.15. The van der Waals surface area contributed by atoms with Crippen molar-refractivity contribution < 1.29 is 0 Å². The van der Waals surface area contributed by atoms with E-state index in [0.717, 1.165) is 72.6 Å². The number of hydrogen-bond acceptors (Lipinski definition) is 3. The molecule has 0 N–H and O–H groups in total. The first-order valence-corrected chi connectivity index (χ1v) is 21.3. The first kappa shape index (κ1) is 36.4. The number of rotatable bonds is 7. The molecule has 0 amide bonds. The average Bonchev–Trinajstić information content (AvgIpc) is 3.71. The molecule has 0 saturated carbocycles. The summed E-state index contributed by atoms with van der Waals surface area (Å²) < 4.78 is 2.34. The fourth-order valence-electron chi connectivity index (χ4n) is 9.16. The monoisotopic (exact) mass is 802 g/mol. The molecule has 3 heterocycles. The maximum atomic E-state index is 5.32. The molecule has 12 rings (SSSR count). The number of benzene rings is 9. The molecule has 0 saturated heterocycles. The molecule has 0 fully saturated rings. The van der Waals surface area contributed by atoms with Crippen molar-refractivity contribution in [3.05, 3.63) is 231 Å². The van der Waals surface area contributed by atoms with Gasteiger partial charge >= 0.3 is 0 Å². The van der Waals surface area contributed by atoms with E-state index in [1.165, 1.54) is 38.1 Å². The van der Waals surface area contributed by atoms with Gasteiger partial charge in [-0.2, -0.15) is 0 Å². The van der Waals surface area contributed by atoms with Crippen molar-refractivity contribution in [3.63, 3.8) is 0 Å². The maximum Gasteiger partial charge on any atom is 0.160 e. The van der Waals surface area contributed by atoms with E-state index in [-0.39, 0.29) is 0 Å². The van der Waals surface area contributed by atoms with Crippen molar-refractivity contribution in [2.24, 2.45) is 0 Å². The first-order valence-electron chi connectivity index (χ1n) is 21.3. The minimum atomic E-state index is 0.673. The molecule has 0 unspecified atom stereocenters. The van der Waals surface area contributed by atoms with E-state index >= 15 is 0 Å². The third-order valence-corrected chi connectivity index (χ3v) is 12.2. The van der Waals surface area contributed by atoms with Gasteiger partial charge < -0.3 is 4.57 Å². The molecule has 4 heteroatoms. The maximum absolute atomic E-state index is 5.32. The third-order valence-electron chi connectivity index (χ3n) is 12.2. The van der Waals surface area contributed by atoms with Crippen LogP contribution in [0, 0.1) is 0 Å². The summed E-state index contributed by atoms with van der Waals surface area (Å²) in [7, 11) is 0. The predicted octanol–water partition coefficient (Wildman–Crippen LogP) is 15.3. The Bertz CT molecular complexity index is 3620. The molecule has 4 nitrogen and oxygen atoms in total. The summed E-state index contributed by atoms with van der Waals surface area (Å²) in [6.07, 6.45) is 0. The Kier molecular flexibility index (Phi) is 8.79. The molecule has 0 aliphatic carbocycles. The summed E-state index contributed by atoms with van der Waals surface area (Å²) in [5, 5.41) is 5.94. The molecule has 3 aromatic heterocycles. The molecule has 9 aromatic carbocycles. The van der Waals surface area contributed by atoms with Crippen LogP contribution in [-0.4, -0.2) is 19.5 Å². The summed E-state index contributed by atoms with van der Waals surface area (Å²) >= 11 is 0. The molecule has 0 bridgehead atoms. The van der Waals surface area contributed by atoms with Gasteiger partial charge in [0.1, 0.15) is 0 Å². The molecular weight excluding hydrogens is 765 g/mol. The lowest BCUT2D eigenvalue weighted by Gasteiger charge is -2.14. The Labute approximate surface area is 365 Å². The lowest BCUT2D eigenvalue weighted by molar-refractivity contribution is 1.16. The van der Waals surface area contributed by atoms with Crippen LogP contribution in [0.15, 0.2) is 231 Å². The van der Waals surface area contributed by atoms with Gasteiger partial charge in [-0.25, -0.2) is 15.0 Å². The molecule has 0 aliphatic rings. The van der Waals surface area contributed by atoms with E-state index in [0.29, 0.717) is 5.82 Å². The van der Waals surface area contributed by atoms with Crippen molar-refractivity contribution in [2.75, 3.05) is 0 Å². The number of pyridine rings is 1. The lowest BCUT2D eigenvalue weighted by atomic mass is 9.92. The molecule has 294 valence electrons. The molecular formula is C59H38N4. The van der Waals surface area contributed by atoms with E-state index in [1.807, 2.05) is 12.1 Å². The zero-order chi connectivity index (χ0) is 41.7. The van der Waals surface area contributed by atoms with Crippen molar-refractivity contribution >= 4 is 43.5 Å². The number of hydrogen-bond donors (Lipinski definition) is 0. The number of para-hydroxylation sites is 2. The Morgan fingerprint density at radius 3 is 1.52 bits per heavy atom. The summed E-state index contributed by atoms with van der Waals surface area (Å²) in [4.78, 5) is 15.8. The highest BCUT2D eigenvalue weighted by atomic mass is 15.0. The van der Waals surface area contributed by atoms with Gasteiger partial charge in [-0.1, -0.05) is 176 Å². The van der Waals surface area contributed by atoms with Gasteiger partial charge in [-0.3, -0.25) is 0 Å². The molecule has 12 aromatic rings. The van der Waals surface area contributed by atoms with Gasteiger partial charge in [0.15, 0.2) is 5.82 Å². The van der Waals surface area contributed by atoms with Gasteiger partial charge in [-0.15, -0.1) is 0 Å². The molecule has 0 aliphatic heterocycles. The second-order valence-corrected chi connectivity index (χ2v) is 16.0. The Balaban J connectivity index is 0.993. The first-order chi connectivity index (χ1) is 31.2. The van der Waals surface area contributed by atoms with Crippen LogP contribution >= 0.6 is 0 Å². The van der Waals surface area contributed by atoms with Crippen LogP contribution in [-0.2, 0) is 0 Å². The van der Waals surface area contributed by atoms with Gasteiger partial charge in [0.2, 0.25) is 0 Å². The van der Waals surface area contributed by atoms with Crippen molar-refractivity contribution in [2.45, 2.75) is 0 Å². The summed E-state index contributed by atoms with van der Waals surface area (Å²) in [5.74, 6) is 0.673. The fraction of sp³-hybridized carbons (Fsp3) is 0. The van der Waals surface area contributed by atoms with Crippen molar-refractivity contribution in [1.82, 2.24) is 19.5 Å². The normalized spacial score (nSPS) is 11.5. The zero-order valence-corrected chi connectivity index (χ0v) is 34.2. The van der Waals surface area contributed by atoms with Crippen LogP contribution in [0.5, 0.6) is 0 Å². The number of aromatic nitrogens is 4. The second kappa shape index (κ2) is 15.2. The molecule has 0 spiro atoms. The minimum absolute atomic E-state index is 0.673. The Morgan fingerprint density at radius 1 is 0.302 bits per heavy atom. The second-order valence-electron chi connectivity index (χ2n) is 16.0. The number of fused-ring (bicyclic) bond motifs is 6. The van der Waals surface area contributed by atoms with Gasteiger partial charge in [0, 0.05) is 44.1 Å². The Hall–Kier alpha value is -8.47. The van der Waals surface area contributed by atoms with E-state index in [9.17, 15) is 0 Å². The summed E-state index contributed by atoms with van der Waals surface area (Å²) in [6, 6.07) is 81.5. The molecule has 63 heavy (non-hydrogen) atoms. The van der Waals surface area contributed by atoms with Crippen molar-refractivity contribution in [3.8, 4) is 73.1 Å². The summed E-state index contributed by atoms with van der Waals surface area (Å²) in [5.41, 5.74) is 15.7. The van der Waals surface area contributed by atoms with E-state index < -0.39 is 0 Å².